The first-order valence-corrected chi connectivity index (χ1v) is 6.56. The highest BCUT2D eigenvalue weighted by molar-refractivity contribution is 9.10. The van der Waals surface area contributed by atoms with Crippen LogP contribution in [0.25, 0.3) is 0 Å². The zero-order valence-corrected chi connectivity index (χ0v) is 12.2. The van der Waals surface area contributed by atoms with E-state index in [0.29, 0.717) is 0 Å². The van der Waals surface area contributed by atoms with Crippen molar-refractivity contribution in [1.82, 2.24) is 0 Å². The molecule has 2 N–H and O–H groups in total. The fourth-order valence-electron chi connectivity index (χ4n) is 2.30. The first kappa shape index (κ1) is 15.0. The number of halogens is 2. The van der Waals surface area contributed by atoms with Crippen LogP contribution in [0.15, 0.2) is 28.7 Å². The van der Waals surface area contributed by atoms with Crippen molar-refractivity contribution in [2.24, 2.45) is 11.1 Å². The molecule has 0 unspecified atom stereocenters. The average Bonchev–Trinajstić information content (AvgIpc) is 2.33. The van der Waals surface area contributed by atoms with E-state index < -0.39 is 0 Å². The van der Waals surface area contributed by atoms with Crippen molar-refractivity contribution in [2.75, 3.05) is 19.8 Å². The third-order valence-electron chi connectivity index (χ3n) is 3.51. The molecule has 0 radical (unpaired) electrons. The number of nitrogens with two attached hydrogens (primary N) is 1. The molecular formula is C13H19BrClNO. The summed E-state index contributed by atoms with van der Waals surface area (Å²) in [6, 6.07) is 8.41. The van der Waals surface area contributed by atoms with Gasteiger partial charge >= 0.3 is 0 Å². The first-order valence-electron chi connectivity index (χ1n) is 5.77. The van der Waals surface area contributed by atoms with Gasteiger partial charge in [-0.3, -0.25) is 0 Å². The third kappa shape index (κ3) is 3.68. The topological polar surface area (TPSA) is 35.2 Å². The van der Waals surface area contributed by atoms with E-state index in [0.717, 1.165) is 39.0 Å². The number of benzene rings is 1. The molecule has 2 rings (SSSR count). The highest BCUT2D eigenvalue weighted by Gasteiger charge is 2.31. The van der Waals surface area contributed by atoms with Crippen LogP contribution in [-0.4, -0.2) is 19.8 Å². The largest absolute Gasteiger partial charge is 0.381 e. The van der Waals surface area contributed by atoms with Gasteiger partial charge in [0.05, 0.1) is 0 Å². The lowest BCUT2D eigenvalue weighted by molar-refractivity contribution is 0.0190. The molecule has 17 heavy (non-hydrogen) atoms. The standard InChI is InChI=1S/C13H18BrNO.ClH/c14-12-4-2-1-3-11(12)9-13(10-15)5-7-16-8-6-13;/h1-4H,5-10,15H2;1H. The Kier molecular flexibility index (Phi) is 5.93. The molecule has 0 spiro atoms. The lowest BCUT2D eigenvalue weighted by Gasteiger charge is -2.36. The average molecular weight is 321 g/mol. The summed E-state index contributed by atoms with van der Waals surface area (Å²) in [5, 5.41) is 0. The molecule has 1 aliphatic heterocycles. The Hall–Kier alpha value is -0.0900. The Morgan fingerprint density at radius 1 is 1.24 bits per heavy atom. The van der Waals surface area contributed by atoms with Crippen LogP contribution in [0.1, 0.15) is 18.4 Å². The Bertz CT molecular complexity index is 353. The fraction of sp³-hybridized carbons (Fsp3) is 0.538. The molecule has 1 heterocycles. The predicted molar refractivity (Wildman–Crippen MR) is 76.6 cm³/mol. The number of hydrogen-bond acceptors (Lipinski definition) is 2. The number of ether oxygens (including phenoxy) is 1. The molecule has 1 aromatic rings. The normalized spacial score (nSPS) is 18.5. The van der Waals surface area contributed by atoms with Crippen molar-refractivity contribution in [1.29, 1.82) is 0 Å². The Morgan fingerprint density at radius 2 is 1.88 bits per heavy atom. The second-order valence-electron chi connectivity index (χ2n) is 4.58. The summed E-state index contributed by atoms with van der Waals surface area (Å²) in [5.41, 5.74) is 7.56. The molecule has 0 aliphatic carbocycles. The summed E-state index contributed by atoms with van der Waals surface area (Å²) >= 11 is 3.60. The quantitative estimate of drug-likeness (QED) is 0.928. The molecule has 0 saturated carbocycles. The van der Waals surface area contributed by atoms with Crippen LogP contribution < -0.4 is 5.73 Å². The SMILES string of the molecule is Cl.NCC1(Cc2ccccc2Br)CCOCC1. The lowest BCUT2D eigenvalue weighted by atomic mass is 9.75. The molecule has 1 fully saturated rings. The fourth-order valence-corrected chi connectivity index (χ4v) is 2.73. The van der Waals surface area contributed by atoms with E-state index in [1.807, 2.05) is 6.07 Å². The maximum Gasteiger partial charge on any atom is 0.0471 e. The van der Waals surface area contributed by atoms with E-state index in [9.17, 15) is 0 Å². The van der Waals surface area contributed by atoms with Gasteiger partial charge in [0.1, 0.15) is 0 Å². The maximum atomic E-state index is 5.97. The van der Waals surface area contributed by atoms with Crippen LogP contribution in [0.2, 0.25) is 0 Å². The van der Waals surface area contributed by atoms with E-state index in [1.54, 1.807) is 0 Å². The highest BCUT2D eigenvalue weighted by Crippen LogP contribution is 2.35. The van der Waals surface area contributed by atoms with Gasteiger partial charge in [-0.15, -0.1) is 12.4 Å². The molecule has 1 aromatic carbocycles. The van der Waals surface area contributed by atoms with Gasteiger partial charge in [-0.2, -0.15) is 0 Å². The molecule has 96 valence electrons. The number of hydrogen-bond donors (Lipinski definition) is 1. The van der Waals surface area contributed by atoms with Crippen molar-refractivity contribution in [3.8, 4) is 0 Å². The first-order chi connectivity index (χ1) is 7.76. The Balaban J connectivity index is 0.00000144. The minimum absolute atomic E-state index is 0. The van der Waals surface area contributed by atoms with Crippen LogP contribution in [0.4, 0.5) is 0 Å². The van der Waals surface area contributed by atoms with Crippen molar-refractivity contribution < 1.29 is 4.74 Å². The zero-order chi connectivity index (χ0) is 11.4. The molecule has 0 amide bonds. The van der Waals surface area contributed by atoms with E-state index >= 15 is 0 Å². The van der Waals surface area contributed by atoms with Gasteiger partial charge in [-0.25, -0.2) is 0 Å². The monoisotopic (exact) mass is 319 g/mol. The minimum atomic E-state index is 0. The summed E-state index contributed by atoms with van der Waals surface area (Å²) in [6.07, 6.45) is 3.20. The van der Waals surface area contributed by atoms with Crippen molar-refractivity contribution in [3.63, 3.8) is 0 Å². The van der Waals surface area contributed by atoms with E-state index in [-0.39, 0.29) is 17.8 Å². The van der Waals surface area contributed by atoms with Crippen molar-refractivity contribution >= 4 is 28.3 Å². The Morgan fingerprint density at radius 3 is 2.47 bits per heavy atom. The summed E-state index contributed by atoms with van der Waals surface area (Å²) in [7, 11) is 0. The minimum Gasteiger partial charge on any atom is -0.381 e. The van der Waals surface area contributed by atoms with Crippen LogP contribution in [0, 0.1) is 5.41 Å². The molecule has 4 heteroatoms. The van der Waals surface area contributed by atoms with E-state index in [1.165, 1.54) is 10.0 Å². The van der Waals surface area contributed by atoms with Gasteiger partial charge in [0.15, 0.2) is 0 Å². The summed E-state index contributed by atoms with van der Waals surface area (Å²) in [4.78, 5) is 0. The molecule has 1 aliphatic rings. The van der Waals surface area contributed by atoms with Crippen molar-refractivity contribution in [2.45, 2.75) is 19.3 Å². The van der Waals surface area contributed by atoms with E-state index in [4.69, 9.17) is 10.5 Å². The van der Waals surface area contributed by atoms with E-state index in [2.05, 4.69) is 34.1 Å². The molecule has 1 saturated heterocycles. The van der Waals surface area contributed by atoms with Crippen molar-refractivity contribution in [3.05, 3.63) is 34.3 Å². The molecule has 0 bridgehead atoms. The van der Waals surface area contributed by atoms with Crippen LogP contribution in [0.3, 0.4) is 0 Å². The summed E-state index contributed by atoms with van der Waals surface area (Å²) in [6.45, 7) is 2.45. The van der Waals surface area contributed by atoms with Crippen LogP contribution in [0.5, 0.6) is 0 Å². The third-order valence-corrected chi connectivity index (χ3v) is 4.28. The summed E-state index contributed by atoms with van der Waals surface area (Å²) < 4.78 is 6.62. The van der Waals surface area contributed by atoms with Gasteiger partial charge in [-0.05, 0) is 42.9 Å². The van der Waals surface area contributed by atoms with Gasteiger partial charge in [0.2, 0.25) is 0 Å². The molecular weight excluding hydrogens is 302 g/mol. The number of rotatable bonds is 3. The molecule has 0 atom stereocenters. The zero-order valence-electron chi connectivity index (χ0n) is 9.82. The second kappa shape index (κ2) is 6.74. The second-order valence-corrected chi connectivity index (χ2v) is 5.44. The Labute approximate surface area is 117 Å². The molecule has 2 nitrogen and oxygen atoms in total. The molecule has 0 aromatic heterocycles. The highest BCUT2D eigenvalue weighted by atomic mass is 79.9. The van der Waals surface area contributed by atoms with Gasteiger partial charge < -0.3 is 10.5 Å². The van der Waals surface area contributed by atoms with Crippen LogP contribution in [-0.2, 0) is 11.2 Å². The van der Waals surface area contributed by atoms with Gasteiger partial charge in [0.25, 0.3) is 0 Å². The maximum absolute atomic E-state index is 5.97. The predicted octanol–water partition coefficient (Wildman–Crippen LogP) is 3.17. The smallest absolute Gasteiger partial charge is 0.0471 e. The van der Waals surface area contributed by atoms with Crippen LogP contribution >= 0.6 is 28.3 Å². The lowest BCUT2D eigenvalue weighted by Crippen LogP contribution is -2.38. The van der Waals surface area contributed by atoms with Gasteiger partial charge in [0, 0.05) is 17.7 Å². The van der Waals surface area contributed by atoms with Gasteiger partial charge in [-0.1, -0.05) is 34.1 Å². The summed E-state index contributed by atoms with van der Waals surface area (Å²) in [5.74, 6) is 0.